The third-order valence-corrected chi connectivity index (χ3v) is 1.95. The van der Waals surface area contributed by atoms with E-state index in [1.54, 1.807) is 0 Å². The standard InChI is InChI=1S/C11H18N2/c1-10(12)7-8-13-9-11-5-3-2-4-6-11/h2-6,10,13H,7-9,12H2,1H3. The van der Waals surface area contributed by atoms with Gasteiger partial charge in [-0.2, -0.15) is 0 Å². The van der Waals surface area contributed by atoms with Crippen LogP contribution in [0.2, 0.25) is 0 Å². The molecular weight excluding hydrogens is 160 g/mol. The van der Waals surface area contributed by atoms with Crippen LogP contribution < -0.4 is 11.1 Å². The average Bonchev–Trinajstić information content (AvgIpc) is 2.14. The van der Waals surface area contributed by atoms with Crippen LogP contribution in [0.15, 0.2) is 30.3 Å². The summed E-state index contributed by atoms with van der Waals surface area (Å²) in [4.78, 5) is 0. The predicted molar refractivity (Wildman–Crippen MR) is 56.4 cm³/mol. The molecule has 1 aromatic carbocycles. The molecule has 1 unspecified atom stereocenters. The minimum absolute atomic E-state index is 0.295. The number of rotatable bonds is 5. The first kappa shape index (κ1) is 10.2. The van der Waals surface area contributed by atoms with Crippen LogP contribution in [0.5, 0.6) is 0 Å². The maximum Gasteiger partial charge on any atom is 0.0205 e. The first-order chi connectivity index (χ1) is 6.29. The Morgan fingerprint density at radius 2 is 2.00 bits per heavy atom. The first-order valence-corrected chi connectivity index (χ1v) is 4.79. The van der Waals surface area contributed by atoms with E-state index < -0.39 is 0 Å². The lowest BCUT2D eigenvalue weighted by Gasteiger charge is -2.06. The monoisotopic (exact) mass is 178 g/mol. The SMILES string of the molecule is CC(N)CCNCc1ccccc1. The molecule has 1 rings (SSSR count). The molecule has 1 aromatic rings. The molecule has 0 fully saturated rings. The average molecular weight is 178 g/mol. The van der Waals surface area contributed by atoms with Gasteiger partial charge in [-0.05, 0) is 25.5 Å². The molecule has 0 saturated carbocycles. The molecule has 0 aromatic heterocycles. The van der Waals surface area contributed by atoms with Gasteiger partial charge in [0.25, 0.3) is 0 Å². The zero-order chi connectivity index (χ0) is 9.52. The van der Waals surface area contributed by atoms with Gasteiger partial charge in [-0.1, -0.05) is 30.3 Å². The first-order valence-electron chi connectivity index (χ1n) is 4.79. The van der Waals surface area contributed by atoms with Crippen molar-refractivity contribution >= 4 is 0 Å². The zero-order valence-electron chi connectivity index (χ0n) is 8.16. The number of hydrogen-bond donors (Lipinski definition) is 2. The maximum absolute atomic E-state index is 5.63. The van der Waals surface area contributed by atoms with E-state index in [2.05, 4.69) is 29.6 Å². The van der Waals surface area contributed by atoms with E-state index in [4.69, 9.17) is 5.73 Å². The minimum Gasteiger partial charge on any atom is -0.328 e. The Bertz CT molecular complexity index is 219. The Morgan fingerprint density at radius 3 is 2.62 bits per heavy atom. The lowest BCUT2D eigenvalue weighted by Crippen LogP contribution is -2.23. The van der Waals surface area contributed by atoms with Crippen LogP contribution >= 0.6 is 0 Å². The Morgan fingerprint density at radius 1 is 1.31 bits per heavy atom. The molecule has 2 nitrogen and oxygen atoms in total. The molecule has 2 heteroatoms. The molecule has 0 spiro atoms. The van der Waals surface area contributed by atoms with Crippen LogP contribution in [0.1, 0.15) is 18.9 Å². The number of nitrogens with one attached hydrogen (secondary N) is 1. The Kier molecular flexibility index (Phi) is 4.50. The fourth-order valence-corrected chi connectivity index (χ4v) is 1.16. The van der Waals surface area contributed by atoms with Crippen molar-refractivity contribution in [3.8, 4) is 0 Å². The second-order valence-corrected chi connectivity index (χ2v) is 3.43. The molecule has 0 aliphatic rings. The van der Waals surface area contributed by atoms with Crippen molar-refractivity contribution in [2.75, 3.05) is 6.54 Å². The summed E-state index contributed by atoms with van der Waals surface area (Å²) in [5.41, 5.74) is 6.96. The molecule has 0 heterocycles. The van der Waals surface area contributed by atoms with Gasteiger partial charge in [0.2, 0.25) is 0 Å². The van der Waals surface area contributed by atoms with Crippen molar-refractivity contribution in [3.05, 3.63) is 35.9 Å². The summed E-state index contributed by atoms with van der Waals surface area (Å²) in [6.07, 6.45) is 1.03. The van der Waals surface area contributed by atoms with E-state index in [1.807, 2.05) is 13.0 Å². The lowest BCUT2D eigenvalue weighted by molar-refractivity contribution is 0.589. The van der Waals surface area contributed by atoms with Gasteiger partial charge in [0.1, 0.15) is 0 Å². The van der Waals surface area contributed by atoms with Gasteiger partial charge in [-0.3, -0.25) is 0 Å². The quantitative estimate of drug-likeness (QED) is 0.671. The molecule has 0 amide bonds. The van der Waals surface area contributed by atoms with E-state index in [0.29, 0.717) is 6.04 Å². The van der Waals surface area contributed by atoms with Crippen molar-refractivity contribution < 1.29 is 0 Å². The third kappa shape index (κ3) is 4.65. The summed E-state index contributed by atoms with van der Waals surface area (Å²) in [7, 11) is 0. The Balaban J connectivity index is 2.13. The van der Waals surface area contributed by atoms with E-state index in [-0.39, 0.29) is 0 Å². The highest BCUT2D eigenvalue weighted by Crippen LogP contribution is 1.97. The fraction of sp³-hybridized carbons (Fsp3) is 0.455. The van der Waals surface area contributed by atoms with Crippen LogP contribution in [0, 0.1) is 0 Å². The van der Waals surface area contributed by atoms with Crippen LogP contribution in [-0.4, -0.2) is 12.6 Å². The Labute approximate surface area is 80.1 Å². The summed E-state index contributed by atoms with van der Waals surface area (Å²) >= 11 is 0. The molecular formula is C11H18N2. The molecule has 0 saturated heterocycles. The smallest absolute Gasteiger partial charge is 0.0205 e. The summed E-state index contributed by atoms with van der Waals surface area (Å²) in [6, 6.07) is 10.7. The fourth-order valence-electron chi connectivity index (χ4n) is 1.16. The van der Waals surface area contributed by atoms with E-state index >= 15 is 0 Å². The van der Waals surface area contributed by atoms with Gasteiger partial charge in [-0.15, -0.1) is 0 Å². The van der Waals surface area contributed by atoms with Crippen molar-refractivity contribution in [2.45, 2.75) is 25.9 Å². The van der Waals surface area contributed by atoms with Crippen LogP contribution in [0.4, 0.5) is 0 Å². The summed E-state index contributed by atoms with van der Waals surface area (Å²) in [6.45, 7) is 3.96. The molecule has 0 bridgehead atoms. The van der Waals surface area contributed by atoms with Crippen LogP contribution in [0.3, 0.4) is 0 Å². The predicted octanol–water partition coefficient (Wildman–Crippen LogP) is 1.51. The molecule has 3 N–H and O–H groups in total. The Hall–Kier alpha value is -0.860. The molecule has 13 heavy (non-hydrogen) atoms. The minimum atomic E-state index is 0.295. The van der Waals surface area contributed by atoms with Crippen LogP contribution in [-0.2, 0) is 6.54 Å². The van der Waals surface area contributed by atoms with Gasteiger partial charge in [0.05, 0.1) is 0 Å². The van der Waals surface area contributed by atoms with Gasteiger partial charge in [0, 0.05) is 12.6 Å². The lowest BCUT2D eigenvalue weighted by atomic mass is 10.2. The summed E-state index contributed by atoms with van der Waals surface area (Å²) < 4.78 is 0. The van der Waals surface area contributed by atoms with Gasteiger partial charge in [-0.25, -0.2) is 0 Å². The molecule has 0 radical (unpaired) electrons. The van der Waals surface area contributed by atoms with E-state index in [9.17, 15) is 0 Å². The maximum atomic E-state index is 5.63. The molecule has 0 aliphatic carbocycles. The normalized spacial score (nSPS) is 12.8. The van der Waals surface area contributed by atoms with E-state index in [1.165, 1.54) is 5.56 Å². The summed E-state index contributed by atoms with van der Waals surface area (Å²) in [5, 5.41) is 3.35. The van der Waals surface area contributed by atoms with E-state index in [0.717, 1.165) is 19.5 Å². The number of nitrogens with two attached hydrogens (primary N) is 1. The van der Waals surface area contributed by atoms with Crippen molar-refractivity contribution in [2.24, 2.45) is 5.73 Å². The molecule has 0 aliphatic heterocycles. The van der Waals surface area contributed by atoms with Crippen molar-refractivity contribution in [3.63, 3.8) is 0 Å². The summed E-state index contributed by atoms with van der Waals surface area (Å²) in [5.74, 6) is 0. The van der Waals surface area contributed by atoms with Crippen LogP contribution in [0.25, 0.3) is 0 Å². The van der Waals surface area contributed by atoms with Gasteiger partial charge >= 0.3 is 0 Å². The number of hydrogen-bond acceptors (Lipinski definition) is 2. The van der Waals surface area contributed by atoms with Gasteiger partial charge < -0.3 is 11.1 Å². The van der Waals surface area contributed by atoms with Gasteiger partial charge in [0.15, 0.2) is 0 Å². The molecule has 72 valence electrons. The highest BCUT2D eigenvalue weighted by molar-refractivity contribution is 5.14. The van der Waals surface area contributed by atoms with Crippen molar-refractivity contribution in [1.29, 1.82) is 0 Å². The highest BCUT2D eigenvalue weighted by Gasteiger charge is 1.93. The second kappa shape index (κ2) is 5.73. The topological polar surface area (TPSA) is 38.0 Å². The zero-order valence-corrected chi connectivity index (χ0v) is 8.16. The molecule has 1 atom stereocenters. The number of benzene rings is 1. The largest absolute Gasteiger partial charge is 0.328 e. The second-order valence-electron chi connectivity index (χ2n) is 3.43. The highest BCUT2D eigenvalue weighted by atomic mass is 14.9. The third-order valence-electron chi connectivity index (χ3n) is 1.95. The van der Waals surface area contributed by atoms with Crippen molar-refractivity contribution in [1.82, 2.24) is 5.32 Å².